The van der Waals surface area contributed by atoms with Gasteiger partial charge >= 0.3 is 0 Å². The molecule has 0 amide bonds. The Hall–Kier alpha value is 1.22. The second-order valence-corrected chi connectivity index (χ2v) is 2.68. The van der Waals surface area contributed by atoms with Crippen molar-refractivity contribution in [3.8, 4) is 0 Å². The van der Waals surface area contributed by atoms with Gasteiger partial charge in [-0.25, -0.2) is 0 Å². The standard InChI is InChI=1S/C4H12N.Ar/c1-5(2,3)4;/h1-4H3;/q+1;. The molecule has 0 bridgehead atoms. The quantitative estimate of drug-likeness (QED) is 0.398. The Balaban J connectivity index is 0. The van der Waals surface area contributed by atoms with Gasteiger partial charge < -0.3 is 4.48 Å². The van der Waals surface area contributed by atoms with Crippen molar-refractivity contribution in [1.29, 1.82) is 0 Å². The van der Waals surface area contributed by atoms with E-state index in [1.807, 2.05) is 0 Å². The summed E-state index contributed by atoms with van der Waals surface area (Å²) in [7, 11) is 8.50. The number of quaternary nitrogens is 1. The molecule has 0 fully saturated rings. The van der Waals surface area contributed by atoms with E-state index in [9.17, 15) is 0 Å². The summed E-state index contributed by atoms with van der Waals surface area (Å²) in [6.07, 6.45) is 0. The van der Waals surface area contributed by atoms with Crippen LogP contribution in [-0.2, 0) is 0 Å². The summed E-state index contributed by atoms with van der Waals surface area (Å²) in [5.41, 5.74) is 0. The zero-order valence-electron chi connectivity index (χ0n) is 4.80. The van der Waals surface area contributed by atoms with Gasteiger partial charge in [-0.3, -0.25) is 0 Å². The molecule has 0 aromatic carbocycles. The minimum absolute atomic E-state index is 0. The van der Waals surface area contributed by atoms with Gasteiger partial charge in [-0.1, -0.05) is 0 Å². The van der Waals surface area contributed by atoms with Gasteiger partial charge in [0.25, 0.3) is 0 Å². The first-order valence-corrected chi connectivity index (χ1v) is 1.79. The fourth-order valence-corrected chi connectivity index (χ4v) is 0. The van der Waals surface area contributed by atoms with Gasteiger partial charge in [0.1, 0.15) is 0 Å². The normalized spacial score (nSPS) is 10.0. The molecular formula is C4H12ArN+. The zero-order chi connectivity index (χ0) is 4.50. The third kappa shape index (κ3) is 62.5. The Morgan fingerprint density at radius 2 is 0.833 bits per heavy atom. The zero-order valence-corrected chi connectivity index (χ0v) is 5.51. The molecule has 0 unspecified atom stereocenters. The molecule has 0 radical (unpaired) electrons. The molecule has 1 nitrogen and oxygen atoms in total. The average molecular weight is 114 g/mol. The van der Waals surface area contributed by atoms with Crippen molar-refractivity contribution in [3.63, 3.8) is 0 Å². The van der Waals surface area contributed by atoms with Gasteiger partial charge in [0.15, 0.2) is 0 Å². The topological polar surface area (TPSA) is 0 Å². The summed E-state index contributed by atoms with van der Waals surface area (Å²) in [5, 5.41) is 0. The van der Waals surface area contributed by atoms with E-state index in [0.717, 1.165) is 4.48 Å². The summed E-state index contributed by atoms with van der Waals surface area (Å²) < 4.78 is 1.00. The Morgan fingerprint density at radius 1 is 0.833 bits per heavy atom. The Morgan fingerprint density at radius 3 is 0.833 bits per heavy atom. The van der Waals surface area contributed by atoms with Gasteiger partial charge in [-0.15, -0.1) is 0 Å². The Labute approximate surface area is 69.9 Å². The minimum atomic E-state index is 0. The van der Waals surface area contributed by atoms with Crippen LogP contribution in [0.15, 0.2) is 0 Å². The minimum Gasteiger partial charge on any atom is -0.333 e. The molecule has 0 rings (SSSR count). The van der Waals surface area contributed by atoms with Crippen molar-refractivity contribution >= 4 is 0 Å². The molecule has 0 aliphatic carbocycles. The predicted molar refractivity (Wildman–Crippen MR) is 24.0 cm³/mol. The van der Waals surface area contributed by atoms with E-state index in [4.69, 9.17) is 0 Å². The summed E-state index contributed by atoms with van der Waals surface area (Å²) in [5.74, 6) is 0. The van der Waals surface area contributed by atoms with Crippen LogP contribution in [-0.4, -0.2) is 32.7 Å². The molecule has 0 saturated heterocycles. The number of hydrogen-bond donors (Lipinski definition) is 0. The molecule has 0 aromatic rings. The Kier molecular flexibility index (Phi) is 5.55. The number of rotatable bonds is 0. The van der Waals surface area contributed by atoms with Crippen LogP contribution in [0.5, 0.6) is 0 Å². The first-order chi connectivity index (χ1) is 2.00. The number of nitrogens with zero attached hydrogens (tertiary/aromatic N) is 1. The van der Waals surface area contributed by atoms with Crippen molar-refractivity contribution < 1.29 is 42.2 Å². The van der Waals surface area contributed by atoms with Gasteiger partial charge in [0.05, 0.1) is 28.2 Å². The van der Waals surface area contributed by atoms with E-state index in [-0.39, 0.29) is 37.7 Å². The van der Waals surface area contributed by atoms with E-state index in [1.165, 1.54) is 0 Å². The molecule has 0 aliphatic rings. The van der Waals surface area contributed by atoms with E-state index in [1.54, 1.807) is 0 Å². The van der Waals surface area contributed by atoms with Gasteiger partial charge in [0, 0.05) is 37.7 Å². The maximum absolute atomic E-state index is 2.12. The van der Waals surface area contributed by atoms with Crippen molar-refractivity contribution in [3.05, 3.63) is 0 Å². The summed E-state index contributed by atoms with van der Waals surface area (Å²) >= 11 is 0. The van der Waals surface area contributed by atoms with Crippen molar-refractivity contribution in [2.75, 3.05) is 28.2 Å². The molecule has 0 N–H and O–H groups in total. The van der Waals surface area contributed by atoms with E-state index < -0.39 is 0 Å². The fourth-order valence-electron chi connectivity index (χ4n) is 0. The monoisotopic (exact) mass is 114 g/mol. The van der Waals surface area contributed by atoms with Crippen LogP contribution in [0.25, 0.3) is 0 Å². The molecule has 2 heteroatoms. The van der Waals surface area contributed by atoms with Gasteiger partial charge in [0.2, 0.25) is 0 Å². The van der Waals surface area contributed by atoms with Crippen molar-refractivity contribution in [2.45, 2.75) is 0 Å². The van der Waals surface area contributed by atoms with Crippen molar-refractivity contribution in [1.82, 2.24) is 0 Å². The number of hydrogen-bond acceptors (Lipinski definition) is 0. The second-order valence-electron chi connectivity index (χ2n) is 2.68. The van der Waals surface area contributed by atoms with E-state index >= 15 is 0 Å². The SMILES string of the molecule is C[N+](C)(C)C.[Ar]. The van der Waals surface area contributed by atoms with Crippen LogP contribution in [0.1, 0.15) is 0 Å². The molecule has 0 aliphatic heterocycles. The third-order valence-electron chi connectivity index (χ3n) is 0. The van der Waals surface area contributed by atoms with Crippen LogP contribution in [0.3, 0.4) is 0 Å². The Bertz CT molecular complexity index is 23.0. The van der Waals surface area contributed by atoms with Crippen LogP contribution >= 0.6 is 0 Å². The van der Waals surface area contributed by atoms with Crippen LogP contribution in [0, 0.1) is 37.7 Å². The summed E-state index contributed by atoms with van der Waals surface area (Å²) in [6, 6.07) is 0. The van der Waals surface area contributed by atoms with E-state index in [0.29, 0.717) is 0 Å². The van der Waals surface area contributed by atoms with Crippen molar-refractivity contribution in [2.24, 2.45) is 0 Å². The maximum atomic E-state index is 2.12. The van der Waals surface area contributed by atoms with Gasteiger partial charge in [-0.05, 0) is 0 Å². The summed E-state index contributed by atoms with van der Waals surface area (Å²) in [6.45, 7) is 0. The largest absolute Gasteiger partial charge is 0.333 e. The predicted octanol–water partition coefficient (Wildman–Crippen LogP) is 0.322. The van der Waals surface area contributed by atoms with Crippen LogP contribution in [0.2, 0.25) is 0 Å². The molecular weight excluding hydrogens is 102 g/mol. The smallest absolute Gasteiger partial charge is 0.0675 e. The third-order valence-corrected chi connectivity index (χ3v) is 0. The molecule has 0 saturated carbocycles. The second kappa shape index (κ2) is 3.25. The maximum Gasteiger partial charge on any atom is 0.0675 e. The first-order valence-electron chi connectivity index (χ1n) is 1.79. The molecule has 40 valence electrons. The molecule has 0 heterocycles. The molecule has 0 spiro atoms. The van der Waals surface area contributed by atoms with Gasteiger partial charge in [-0.2, -0.15) is 0 Å². The molecule has 6 heavy (non-hydrogen) atoms. The van der Waals surface area contributed by atoms with Crippen LogP contribution < -0.4 is 0 Å². The average Bonchev–Trinajstić information content (AvgIpc) is 0.722. The van der Waals surface area contributed by atoms with E-state index in [2.05, 4.69) is 28.2 Å². The fraction of sp³-hybridized carbons (Fsp3) is 1.00. The molecule has 0 aromatic heterocycles. The van der Waals surface area contributed by atoms with Crippen LogP contribution in [0.4, 0.5) is 0 Å². The first kappa shape index (κ1) is 10.3. The summed E-state index contributed by atoms with van der Waals surface area (Å²) in [4.78, 5) is 0. The molecule has 0 atom stereocenters.